The van der Waals surface area contributed by atoms with E-state index in [1.165, 1.54) is 12.8 Å². The van der Waals surface area contributed by atoms with Gasteiger partial charge in [-0.25, -0.2) is 4.98 Å². The number of amides is 1. The molecule has 0 unspecified atom stereocenters. The van der Waals surface area contributed by atoms with Crippen LogP contribution in [0.5, 0.6) is 0 Å². The van der Waals surface area contributed by atoms with Gasteiger partial charge in [0.15, 0.2) is 0 Å². The van der Waals surface area contributed by atoms with Crippen molar-refractivity contribution in [1.82, 2.24) is 14.9 Å². The Morgan fingerprint density at radius 2 is 2.33 bits per heavy atom. The zero-order chi connectivity index (χ0) is 14.7. The van der Waals surface area contributed by atoms with E-state index in [-0.39, 0.29) is 5.91 Å². The molecule has 5 heteroatoms. The first-order valence-corrected chi connectivity index (χ1v) is 7.56. The minimum absolute atomic E-state index is 0.0426. The average Bonchev–Trinajstić information content (AvgIpc) is 2.89. The average molecular weight is 287 g/mol. The van der Waals surface area contributed by atoms with E-state index in [1.807, 2.05) is 18.2 Å². The maximum Gasteiger partial charge on any atom is 0.251 e. The van der Waals surface area contributed by atoms with Crippen LogP contribution >= 0.6 is 0 Å². The lowest BCUT2D eigenvalue weighted by molar-refractivity contribution is 0.0948. The van der Waals surface area contributed by atoms with E-state index in [4.69, 9.17) is 4.74 Å². The molecule has 1 aliphatic rings. The molecule has 0 saturated carbocycles. The second kappa shape index (κ2) is 6.26. The van der Waals surface area contributed by atoms with Gasteiger partial charge in [-0.05, 0) is 37.5 Å². The SMILES string of the molecule is COCCCNC(=O)c1ccc2c(c1)nc1n2CCCC1. The zero-order valence-electron chi connectivity index (χ0n) is 12.4. The zero-order valence-corrected chi connectivity index (χ0v) is 12.4. The number of hydrogen-bond acceptors (Lipinski definition) is 3. The highest BCUT2D eigenvalue weighted by Crippen LogP contribution is 2.23. The maximum atomic E-state index is 12.1. The van der Waals surface area contributed by atoms with Crippen molar-refractivity contribution in [3.63, 3.8) is 0 Å². The number of benzene rings is 1. The molecule has 2 heterocycles. The number of nitrogens with one attached hydrogen (secondary N) is 1. The number of aromatic nitrogens is 2. The van der Waals surface area contributed by atoms with E-state index < -0.39 is 0 Å². The summed E-state index contributed by atoms with van der Waals surface area (Å²) in [5.41, 5.74) is 2.74. The highest BCUT2D eigenvalue weighted by molar-refractivity contribution is 5.97. The topological polar surface area (TPSA) is 56.1 Å². The van der Waals surface area contributed by atoms with Gasteiger partial charge in [0.05, 0.1) is 11.0 Å². The van der Waals surface area contributed by atoms with Gasteiger partial charge in [0, 0.05) is 38.8 Å². The quantitative estimate of drug-likeness (QED) is 0.857. The molecule has 3 rings (SSSR count). The van der Waals surface area contributed by atoms with Crippen LogP contribution in [0.2, 0.25) is 0 Å². The normalized spacial score (nSPS) is 14.1. The van der Waals surface area contributed by atoms with Gasteiger partial charge in [0.2, 0.25) is 0 Å². The Balaban J connectivity index is 1.76. The monoisotopic (exact) mass is 287 g/mol. The number of aryl methyl sites for hydroxylation is 2. The summed E-state index contributed by atoms with van der Waals surface area (Å²) in [6, 6.07) is 5.80. The van der Waals surface area contributed by atoms with Gasteiger partial charge in [-0.1, -0.05) is 0 Å². The smallest absolute Gasteiger partial charge is 0.251 e. The molecule has 1 aliphatic heterocycles. The molecule has 0 radical (unpaired) electrons. The molecule has 0 spiro atoms. The van der Waals surface area contributed by atoms with Crippen molar-refractivity contribution in [2.75, 3.05) is 20.3 Å². The van der Waals surface area contributed by atoms with E-state index in [9.17, 15) is 4.79 Å². The van der Waals surface area contributed by atoms with Gasteiger partial charge in [-0.3, -0.25) is 4.79 Å². The summed E-state index contributed by atoms with van der Waals surface area (Å²) >= 11 is 0. The highest BCUT2D eigenvalue weighted by Gasteiger charge is 2.15. The molecule has 0 atom stereocenters. The number of ether oxygens (including phenoxy) is 1. The number of rotatable bonds is 5. The molecular formula is C16H21N3O2. The lowest BCUT2D eigenvalue weighted by Crippen LogP contribution is -2.25. The minimum atomic E-state index is -0.0426. The van der Waals surface area contributed by atoms with Crippen molar-refractivity contribution in [3.8, 4) is 0 Å². The third kappa shape index (κ3) is 2.93. The predicted octanol–water partition coefficient (Wildman–Crippen LogP) is 2.14. The van der Waals surface area contributed by atoms with Crippen molar-refractivity contribution in [1.29, 1.82) is 0 Å². The molecule has 1 aromatic carbocycles. The summed E-state index contributed by atoms with van der Waals surface area (Å²) in [6.07, 6.45) is 4.27. The van der Waals surface area contributed by atoms with E-state index in [0.717, 1.165) is 36.2 Å². The Morgan fingerprint density at radius 1 is 1.43 bits per heavy atom. The molecule has 5 nitrogen and oxygen atoms in total. The first kappa shape index (κ1) is 14.1. The van der Waals surface area contributed by atoms with E-state index in [1.54, 1.807) is 7.11 Å². The number of fused-ring (bicyclic) bond motifs is 3. The van der Waals surface area contributed by atoms with Gasteiger partial charge in [0.1, 0.15) is 5.82 Å². The highest BCUT2D eigenvalue weighted by atomic mass is 16.5. The molecule has 1 amide bonds. The van der Waals surface area contributed by atoms with Crippen molar-refractivity contribution >= 4 is 16.9 Å². The first-order chi connectivity index (χ1) is 10.3. The first-order valence-electron chi connectivity index (χ1n) is 7.56. The fraction of sp³-hybridized carbons (Fsp3) is 0.500. The van der Waals surface area contributed by atoms with Crippen LogP contribution < -0.4 is 5.32 Å². The van der Waals surface area contributed by atoms with Gasteiger partial charge >= 0.3 is 0 Å². The summed E-state index contributed by atoms with van der Waals surface area (Å²) in [6.45, 7) is 2.33. The molecule has 1 aromatic heterocycles. The van der Waals surface area contributed by atoms with Crippen LogP contribution in [0.1, 0.15) is 35.4 Å². The molecule has 0 fully saturated rings. The van der Waals surface area contributed by atoms with Crippen molar-refractivity contribution < 1.29 is 9.53 Å². The molecule has 0 bridgehead atoms. The second-order valence-corrected chi connectivity index (χ2v) is 5.44. The lowest BCUT2D eigenvalue weighted by Gasteiger charge is -2.13. The predicted molar refractivity (Wildman–Crippen MR) is 81.5 cm³/mol. The van der Waals surface area contributed by atoms with Crippen LogP contribution in [0.4, 0.5) is 0 Å². The largest absolute Gasteiger partial charge is 0.385 e. The van der Waals surface area contributed by atoms with Crippen LogP contribution in [0, 0.1) is 0 Å². The summed E-state index contributed by atoms with van der Waals surface area (Å²) in [5.74, 6) is 1.10. The number of nitrogens with zero attached hydrogens (tertiary/aromatic N) is 2. The van der Waals surface area contributed by atoms with Gasteiger partial charge in [-0.2, -0.15) is 0 Å². The van der Waals surface area contributed by atoms with Gasteiger partial charge in [-0.15, -0.1) is 0 Å². The van der Waals surface area contributed by atoms with E-state index >= 15 is 0 Å². The Labute approximate surface area is 124 Å². The van der Waals surface area contributed by atoms with E-state index in [0.29, 0.717) is 18.7 Å². The summed E-state index contributed by atoms with van der Waals surface area (Å²) < 4.78 is 7.25. The Hall–Kier alpha value is -1.88. The molecule has 21 heavy (non-hydrogen) atoms. The Morgan fingerprint density at radius 3 is 3.19 bits per heavy atom. The van der Waals surface area contributed by atoms with Gasteiger partial charge in [0.25, 0.3) is 5.91 Å². The molecule has 112 valence electrons. The maximum absolute atomic E-state index is 12.1. The van der Waals surface area contributed by atoms with Gasteiger partial charge < -0.3 is 14.6 Å². The molecule has 2 aromatic rings. The number of hydrogen-bond donors (Lipinski definition) is 1. The summed E-state index contributed by atoms with van der Waals surface area (Å²) in [7, 11) is 1.66. The number of methoxy groups -OCH3 is 1. The molecular weight excluding hydrogens is 266 g/mol. The third-order valence-electron chi connectivity index (χ3n) is 3.93. The van der Waals surface area contributed by atoms with E-state index in [2.05, 4.69) is 14.9 Å². The Bertz CT molecular complexity index is 648. The number of carbonyl (C=O) groups is 1. The fourth-order valence-corrected chi connectivity index (χ4v) is 2.83. The number of carbonyl (C=O) groups excluding carboxylic acids is 1. The minimum Gasteiger partial charge on any atom is -0.385 e. The van der Waals surface area contributed by atoms with Crippen LogP contribution in [0.15, 0.2) is 18.2 Å². The molecule has 0 saturated heterocycles. The second-order valence-electron chi connectivity index (χ2n) is 5.44. The van der Waals surface area contributed by atoms with Crippen LogP contribution in [0.3, 0.4) is 0 Å². The Kier molecular flexibility index (Phi) is 4.20. The van der Waals surface area contributed by atoms with Crippen molar-refractivity contribution in [2.24, 2.45) is 0 Å². The van der Waals surface area contributed by atoms with Crippen LogP contribution in [0.25, 0.3) is 11.0 Å². The lowest BCUT2D eigenvalue weighted by atomic mass is 10.1. The van der Waals surface area contributed by atoms with Crippen LogP contribution in [-0.2, 0) is 17.7 Å². The molecule has 0 aliphatic carbocycles. The summed E-state index contributed by atoms with van der Waals surface area (Å²) in [5, 5.41) is 2.91. The summed E-state index contributed by atoms with van der Waals surface area (Å²) in [4.78, 5) is 16.8. The number of imidazole rings is 1. The van der Waals surface area contributed by atoms with Crippen molar-refractivity contribution in [2.45, 2.75) is 32.2 Å². The molecule has 1 N–H and O–H groups in total. The van der Waals surface area contributed by atoms with Crippen LogP contribution in [-0.4, -0.2) is 35.7 Å². The fourth-order valence-electron chi connectivity index (χ4n) is 2.83. The van der Waals surface area contributed by atoms with Crippen molar-refractivity contribution in [3.05, 3.63) is 29.6 Å². The third-order valence-corrected chi connectivity index (χ3v) is 3.93. The standard InChI is InChI=1S/C16H21N3O2/c1-21-10-4-8-17-16(20)12-6-7-14-13(11-12)18-15-5-2-3-9-19(14)15/h6-7,11H,2-5,8-10H2,1H3,(H,17,20).